The van der Waals surface area contributed by atoms with Gasteiger partial charge in [0.2, 0.25) is 5.88 Å². The van der Waals surface area contributed by atoms with E-state index in [1.165, 1.54) is 6.92 Å². The second kappa shape index (κ2) is 2.62. The van der Waals surface area contributed by atoms with Crippen LogP contribution >= 0.6 is 0 Å². The number of H-pyrrole nitrogens is 1. The summed E-state index contributed by atoms with van der Waals surface area (Å²) in [6.07, 6.45) is 0. The number of benzene rings is 1. The monoisotopic (exact) mass is 175 g/mol. The number of aromatic hydroxyl groups is 1. The molecule has 0 bridgehead atoms. The Hall–Kier alpha value is -1.77. The Balaban J connectivity index is 2.86. The molecule has 3 heteroatoms. The maximum absolute atomic E-state index is 11.2. The summed E-state index contributed by atoms with van der Waals surface area (Å²) in [5.41, 5.74) is 1.15. The van der Waals surface area contributed by atoms with Crippen LogP contribution in [0.1, 0.15) is 17.3 Å². The molecular formula is C10H9NO2. The highest BCUT2D eigenvalue weighted by Gasteiger charge is 2.13. The molecule has 0 fully saturated rings. The maximum Gasteiger partial charge on any atom is 0.200 e. The Kier molecular flexibility index (Phi) is 1.59. The van der Waals surface area contributed by atoms with Gasteiger partial charge in [0.05, 0.1) is 5.56 Å². The molecule has 0 aliphatic carbocycles. The second-order valence-corrected chi connectivity index (χ2v) is 2.95. The minimum Gasteiger partial charge on any atom is -0.494 e. The van der Waals surface area contributed by atoms with Crippen LogP contribution in [-0.4, -0.2) is 15.9 Å². The molecule has 1 aromatic heterocycles. The lowest BCUT2D eigenvalue weighted by Gasteiger charge is -1.91. The van der Waals surface area contributed by atoms with E-state index in [2.05, 4.69) is 4.98 Å². The van der Waals surface area contributed by atoms with E-state index in [9.17, 15) is 9.90 Å². The van der Waals surface area contributed by atoms with Gasteiger partial charge in [0.15, 0.2) is 5.78 Å². The van der Waals surface area contributed by atoms with Crippen molar-refractivity contribution in [2.75, 3.05) is 0 Å². The van der Waals surface area contributed by atoms with Crippen molar-refractivity contribution in [2.24, 2.45) is 0 Å². The SMILES string of the molecule is CC(=O)c1c(O)[nH]c2ccccc12. The Morgan fingerprint density at radius 3 is 2.77 bits per heavy atom. The van der Waals surface area contributed by atoms with Crippen molar-refractivity contribution in [1.29, 1.82) is 0 Å². The molecule has 2 N–H and O–H groups in total. The number of carbonyl (C=O) groups excluding carboxylic acids is 1. The molecule has 1 heterocycles. The average molecular weight is 175 g/mol. The third-order valence-electron chi connectivity index (χ3n) is 2.04. The number of carbonyl (C=O) groups is 1. The fourth-order valence-electron chi connectivity index (χ4n) is 1.48. The van der Waals surface area contributed by atoms with Crippen LogP contribution in [0.5, 0.6) is 5.88 Å². The molecule has 0 aliphatic rings. The normalized spacial score (nSPS) is 10.5. The molecule has 0 unspecified atom stereocenters. The lowest BCUT2D eigenvalue weighted by atomic mass is 10.1. The zero-order chi connectivity index (χ0) is 9.42. The van der Waals surface area contributed by atoms with Crippen LogP contribution < -0.4 is 0 Å². The molecule has 0 amide bonds. The summed E-state index contributed by atoms with van der Waals surface area (Å²) in [6.45, 7) is 1.44. The largest absolute Gasteiger partial charge is 0.494 e. The number of aromatic amines is 1. The van der Waals surface area contributed by atoms with E-state index >= 15 is 0 Å². The summed E-state index contributed by atoms with van der Waals surface area (Å²) in [7, 11) is 0. The van der Waals surface area contributed by atoms with Crippen LogP contribution in [-0.2, 0) is 0 Å². The van der Waals surface area contributed by atoms with E-state index in [-0.39, 0.29) is 11.7 Å². The first-order valence-corrected chi connectivity index (χ1v) is 4.01. The van der Waals surface area contributed by atoms with E-state index in [1.807, 2.05) is 24.3 Å². The molecule has 13 heavy (non-hydrogen) atoms. The molecule has 0 saturated carbocycles. The first-order valence-electron chi connectivity index (χ1n) is 4.01. The van der Waals surface area contributed by atoms with E-state index in [0.29, 0.717) is 5.56 Å². The zero-order valence-electron chi connectivity index (χ0n) is 7.16. The molecular weight excluding hydrogens is 166 g/mol. The van der Waals surface area contributed by atoms with Gasteiger partial charge in [0.25, 0.3) is 0 Å². The maximum atomic E-state index is 11.2. The van der Waals surface area contributed by atoms with Crippen molar-refractivity contribution in [3.63, 3.8) is 0 Å². The van der Waals surface area contributed by atoms with Crippen LogP contribution in [0.2, 0.25) is 0 Å². The lowest BCUT2D eigenvalue weighted by Crippen LogP contribution is -1.89. The third-order valence-corrected chi connectivity index (χ3v) is 2.04. The van der Waals surface area contributed by atoms with Crippen molar-refractivity contribution in [3.05, 3.63) is 29.8 Å². The van der Waals surface area contributed by atoms with E-state index in [4.69, 9.17) is 0 Å². The van der Waals surface area contributed by atoms with Gasteiger partial charge in [-0.05, 0) is 13.0 Å². The quantitative estimate of drug-likeness (QED) is 0.652. The smallest absolute Gasteiger partial charge is 0.200 e. The van der Waals surface area contributed by atoms with Crippen LogP contribution in [0.4, 0.5) is 0 Å². The molecule has 66 valence electrons. The average Bonchev–Trinajstić information content (AvgIpc) is 2.39. The predicted molar refractivity (Wildman–Crippen MR) is 50.0 cm³/mol. The molecule has 0 saturated heterocycles. The fourth-order valence-corrected chi connectivity index (χ4v) is 1.48. The predicted octanol–water partition coefficient (Wildman–Crippen LogP) is 2.08. The molecule has 0 atom stereocenters. The summed E-state index contributed by atoms with van der Waals surface area (Å²) >= 11 is 0. The van der Waals surface area contributed by atoms with Crippen LogP contribution in [0, 0.1) is 0 Å². The number of hydrogen-bond donors (Lipinski definition) is 2. The van der Waals surface area contributed by atoms with E-state index in [0.717, 1.165) is 10.9 Å². The molecule has 2 rings (SSSR count). The third kappa shape index (κ3) is 1.09. The highest BCUT2D eigenvalue weighted by molar-refractivity contribution is 6.09. The number of aromatic nitrogens is 1. The van der Waals surface area contributed by atoms with E-state index < -0.39 is 0 Å². The van der Waals surface area contributed by atoms with E-state index in [1.54, 1.807) is 0 Å². The van der Waals surface area contributed by atoms with Crippen molar-refractivity contribution in [3.8, 4) is 5.88 Å². The Morgan fingerprint density at radius 1 is 1.38 bits per heavy atom. The lowest BCUT2D eigenvalue weighted by molar-refractivity contribution is 0.101. The van der Waals surface area contributed by atoms with Gasteiger partial charge in [0, 0.05) is 10.9 Å². The standard InChI is InChI=1S/C10H9NO2/c1-6(12)9-7-4-2-3-5-8(7)11-10(9)13/h2-5,11,13H,1H3. The first kappa shape index (κ1) is 7.86. The Bertz CT molecular complexity index is 471. The highest BCUT2D eigenvalue weighted by atomic mass is 16.3. The number of hydrogen-bond acceptors (Lipinski definition) is 2. The fraction of sp³-hybridized carbons (Fsp3) is 0.100. The number of para-hydroxylation sites is 1. The summed E-state index contributed by atoms with van der Waals surface area (Å²) in [4.78, 5) is 13.9. The second-order valence-electron chi connectivity index (χ2n) is 2.95. The van der Waals surface area contributed by atoms with Crippen LogP contribution in [0.3, 0.4) is 0 Å². The van der Waals surface area contributed by atoms with Crippen molar-refractivity contribution in [1.82, 2.24) is 4.98 Å². The van der Waals surface area contributed by atoms with Gasteiger partial charge >= 0.3 is 0 Å². The Labute approximate surface area is 75.0 Å². The van der Waals surface area contributed by atoms with Gasteiger partial charge in [0.1, 0.15) is 0 Å². The molecule has 0 radical (unpaired) electrons. The molecule has 0 aliphatic heterocycles. The zero-order valence-corrected chi connectivity index (χ0v) is 7.16. The van der Waals surface area contributed by atoms with Crippen LogP contribution in [0.15, 0.2) is 24.3 Å². The Morgan fingerprint density at radius 2 is 2.08 bits per heavy atom. The van der Waals surface area contributed by atoms with Gasteiger partial charge in [-0.1, -0.05) is 18.2 Å². The van der Waals surface area contributed by atoms with Crippen LogP contribution in [0.25, 0.3) is 10.9 Å². The number of ketones is 1. The number of nitrogens with one attached hydrogen (secondary N) is 1. The molecule has 1 aromatic carbocycles. The molecule has 0 spiro atoms. The first-order chi connectivity index (χ1) is 6.20. The van der Waals surface area contributed by atoms with Crippen molar-refractivity contribution < 1.29 is 9.90 Å². The summed E-state index contributed by atoms with van der Waals surface area (Å²) in [5.74, 6) is -0.177. The summed E-state index contributed by atoms with van der Waals surface area (Å²) in [6, 6.07) is 7.31. The minimum atomic E-state index is -0.130. The molecule has 3 nitrogen and oxygen atoms in total. The van der Waals surface area contributed by atoms with Crippen molar-refractivity contribution >= 4 is 16.7 Å². The number of fused-ring (bicyclic) bond motifs is 1. The number of Topliss-reactive ketones (excluding diaryl/α,β-unsaturated/α-hetero) is 1. The van der Waals surface area contributed by atoms with Gasteiger partial charge in [-0.3, -0.25) is 4.79 Å². The molecule has 2 aromatic rings. The number of rotatable bonds is 1. The summed E-state index contributed by atoms with van der Waals surface area (Å²) in [5, 5.41) is 10.2. The topological polar surface area (TPSA) is 53.1 Å². The van der Waals surface area contributed by atoms with Gasteiger partial charge in [-0.2, -0.15) is 0 Å². The highest BCUT2D eigenvalue weighted by Crippen LogP contribution is 2.26. The summed E-state index contributed by atoms with van der Waals surface area (Å²) < 4.78 is 0. The van der Waals surface area contributed by atoms with Gasteiger partial charge in [-0.25, -0.2) is 0 Å². The van der Waals surface area contributed by atoms with Gasteiger partial charge < -0.3 is 10.1 Å². The van der Waals surface area contributed by atoms with Gasteiger partial charge in [-0.15, -0.1) is 0 Å². The minimum absolute atomic E-state index is 0.0475. The van der Waals surface area contributed by atoms with Crippen molar-refractivity contribution in [2.45, 2.75) is 6.92 Å².